The van der Waals surface area contributed by atoms with Crippen LogP contribution in [0.25, 0.3) is 11.4 Å². The zero-order valence-electron chi connectivity index (χ0n) is 33.0. The first kappa shape index (κ1) is 40.6. The SMILES string of the molecule is CN(C)CCCOc1cc(C(=O)NCc2cn(-c3ccc(NC(=O)[C@@H]4CCCN4)cc3)nn2)nc(C(=O)NCc2cn(-c3ccc(NC(=O)[C@@H]4CCCN4)cc3)nn2)c1. The lowest BCUT2D eigenvalue weighted by atomic mass is 10.2. The Morgan fingerprint density at radius 3 is 1.63 bits per heavy atom. The summed E-state index contributed by atoms with van der Waals surface area (Å²) in [4.78, 5) is 58.1. The Kier molecular flexibility index (Phi) is 13.3. The van der Waals surface area contributed by atoms with Gasteiger partial charge in [-0.15, -0.1) is 10.2 Å². The largest absolute Gasteiger partial charge is 0.493 e. The summed E-state index contributed by atoms with van der Waals surface area (Å²) in [5.74, 6) is -0.858. The Balaban J connectivity index is 0.950. The van der Waals surface area contributed by atoms with E-state index in [1.807, 2.05) is 43.3 Å². The van der Waals surface area contributed by atoms with E-state index < -0.39 is 11.8 Å². The molecule has 0 spiro atoms. The van der Waals surface area contributed by atoms with Crippen molar-refractivity contribution in [2.24, 2.45) is 0 Å². The second-order valence-corrected chi connectivity index (χ2v) is 14.6. The Labute approximate surface area is 340 Å². The molecule has 5 aromatic rings. The molecule has 4 amide bonds. The molecule has 308 valence electrons. The first-order valence-electron chi connectivity index (χ1n) is 19.6. The van der Waals surface area contributed by atoms with Crippen LogP contribution in [0.15, 0.2) is 73.1 Å². The van der Waals surface area contributed by atoms with E-state index in [-0.39, 0.29) is 48.4 Å². The smallest absolute Gasteiger partial charge is 0.270 e. The number of rotatable bonds is 17. The third-order valence-corrected chi connectivity index (χ3v) is 9.78. The minimum absolute atomic E-state index is 0.0109. The third kappa shape index (κ3) is 11.1. The summed E-state index contributed by atoms with van der Waals surface area (Å²) < 4.78 is 9.09. The van der Waals surface area contributed by atoms with Gasteiger partial charge in [0.25, 0.3) is 11.8 Å². The summed E-state index contributed by atoms with van der Waals surface area (Å²) in [6, 6.07) is 17.1. The van der Waals surface area contributed by atoms with E-state index >= 15 is 0 Å². The quantitative estimate of drug-likeness (QED) is 0.0739. The number of ether oxygens (including phenoxy) is 1. The van der Waals surface area contributed by atoms with E-state index in [0.717, 1.165) is 63.1 Å². The van der Waals surface area contributed by atoms with Gasteiger partial charge in [-0.05, 0) is 108 Å². The summed E-state index contributed by atoms with van der Waals surface area (Å²) in [5, 5.41) is 34.6. The van der Waals surface area contributed by atoms with Crippen molar-refractivity contribution >= 4 is 35.0 Å². The van der Waals surface area contributed by atoms with E-state index in [1.165, 1.54) is 12.1 Å². The Morgan fingerprint density at radius 1 is 0.729 bits per heavy atom. The molecule has 2 fully saturated rings. The van der Waals surface area contributed by atoms with Gasteiger partial charge in [0, 0.05) is 30.1 Å². The number of amides is 4. The van der Waals surface area contributed by atoms with E-state index in [4.69, 9.17) is 4.74 Å². The van der Waals surface area contributed by atoms with Crippen molar-refractivity contribution in [1.82, 2.24) is 61.1 Å². The predicted molar refractivity (Wildman–Crippen MR) is 217 cm³/mol. The molecule has 3 aromatic heterocycles. The number of aromatic nitrogens is 7. The molecular formula is C40H48N14O5. The Morgan fingerprint density at radius 2 is 1.20 bits per heavy atom. The predicted octanol–water partition coefficient (Wildman–Crippen LogP) is 1.81. The number of nitrogens with one attached hydrogen (secondary N) is 6. The molecule has 19 nitrogen and oxygen atoms in total. The van der Waals surface area contributed by atoms with Gasteiger partial charge in [0.15, 0.2) is 0 Å². The van der Waals surface area contributed by atoms with Crippen LogP contribution in [0.1, 0.15) is 64.5 Å². The zero-order chi connectivity index (χ0) is 41.1. The Hall–Kier alpha value is -6.57. The van der Waals surface area contributed by atoms with E-state index in [9.17, 15) is 19.2 Å². The van der Waals surface area contributed by atoms with Crippen molar-refractivity contribution in [2.45, 2.75) is 57.3 Å². The fourth-order valence-electron chi connectivity index (χ4n) is 6.60. The number of nitrogens with zero attached hydrogens (tertiary/aromatic N) is 8. The first-order chi connectivity index (χ1) is 28.7. The Bertz CT molecular complexity index is 2080. The van der Waals surface area contributed by atoms with Gasteiger partial charge >= 0.3 is 0 Å². The molecular weight excluding hydrogens is 757 g/mol. The maximum atomic E-state index is 13.4. The highest BCUT2D eigenvalue weighted by Gasteiger charge is 2.23. The van der Waals surface area contributed by atoms with Crippen LogP contribution in [-0.4, -0.2) is 116 Å². The molecule has 7 rings (SSSR count). The summed E-state index contributed by atoms with van der Waals surface area (Å²) in [6.45, 7) is 2.94. The molecule has 0 radical (unpaired) electrons. The molecule has 0 unspecified atom stereocenters. The molecule has 2 atom stereocenters. The average molecular weight is 805 g/mol. The van der Waals surface area contributed by atoms with Gasteiger partial charge in [-0.1, -0.05) is 10.4 Å². The average Bonchev–Trinajstić information content (AvgIpc) is 4.10. The molecule has 19 heteroatoms. The molecule has 2 aliphatic heterocycles. The van der Waals surface area contributed by atoms with Crippen molar-refractivity contribution in [3.8, 4) is 17.1 Å². The first-order valence-corrected chi connectivity index (χ1v) is 19.6. The minimum atomic E-state index is -0.534. The highest BCUT2D eigenvalue weighted by molar-refractivity contribution is 5.97. The number of pyridine rings is 1. The van der Waals surface area contributed by atoms with Crippen LogP contribution in [0, 0.1) is 0 Å². The lowest BCUT2D eigenvalue weighted by Gasteiger charge is -2.12. The normalized spacial score (nSPS) is 16.2. The topological polar surface area (TPSA) is 227 Å². The van der Waals surface area contributed by atoms with E-state index in [1.54, 1.807) is 46.0 Å². The molecule has 0 saturated carbocycles. The highest BCUT2D eigenvalue weighted by atomic mass is 16.5. The molecule has 2 aliphatic rings. The van der Waals surface area contributed by atoms with Gasteiger partial charge in [-0.3, -0.25) is 19.2 Å². The van der Waals surface area contributed by atoms with Crippen LogP contribution in [0.4, 0.5) is 11.4 Å². The van der Waals surface area contributed by atoms with E-state index in [2.05, 4.69) is 57.5 Å². The van der Waals surface area contributed by atoms with Gasteiger partial charge in [-0.25, -0.2) is 14.3 Å². The number of carbonyl (C=O) groups excluding carboxylic acids is 4. The van der Waals surface area contributed by atoms with Crippen molar-refractivity contribution in [3.63, 3.8) is 0 Å². The lowest BCUT2D eigenvalue weighted by molar-refractivity contribution is -0.118. The van der Waals surface area contributed by atoms with Gasteiger partial charge in [0.1, 0.15) is 28.5 Å². The molecule has 2 aromatic carbocycles. The van der Waals surface area contributed by atoms with Gasteiger partial charge in [0.2, 0.25) is 11.8 Å². The second kappa shape index (κ2) is 19.2. The molecule has 0 aliphatic carbocycles. The van der Waals surface area contributed by atoms with Crippen molar-refractivity contribution < 1.29 is 23.9 Å². The summed E-state index contributed by atoms with van der Waals surface area (Å²) in [6.07, 6.45) is 7.70. The van der Waals surface area contributed by atoms with Gasteiger partial charge in [0.05, 0.1) is 55.5 Å². The molecule has 0 bridgehead atoms. The van der Waals surface area contributed by atoms with Crippen LogP contribution >= 0.6 is 0 Å². The molecule has 6 N–H and O–H groups in total. The monoisotopic (exact) mass is 804 g/mol. The fourth-order valence-corrected chi connectivity index (χ4v) is 6.60. The van der Waals surface area contributed by atoms with Crippen LogP contribution in [0.2, 0.25) is 0 Å². The molecule has 59 heavy (non-hydrogen) atoms. The lowest BCUT2D eigenvalue weighted by Crippen LogP contribution is -2.35. The minimum Gasteiger partial charge on any atom is -0.493 e. The van der Waals surface area contributed by atoms with Crippen molar-refractivity contribution in [3.05, 3.63) is 95.8 Å². The number of carbonyl (C=O) groups is 4. The number of hydrogen-bond acceptors (Lipinski definition) is 13. The molecule has 2 saturated heterocycles. The second-order valence-electron chi connectivity index (χ2n) is 14.6. The number of hydrogen-bond donors (Lipinski definition) is 6. The summed E-state index contributed by atoms with van der Waals surface area (Å²) in [7, 11) is 3.93. The highest BCUT2D eigenvalue weighted by Crippen LogP contribution is 2.18. The summed E-state index contributed by atoms with van der Waals surface area (Å²) in [5.41, 5.74) is 3.76. The van der Waals surface area contributed by atoms with Crippen LogP contribution in [-0.2, 0) is 22.7 Å². The van der Waals surface area contributed by atoms with Crippen LogP contribution in [0.5, 0.6) is 5.75 Å². The van der Waals surface area contributed by atoms with Crippen LogP contribution in [0.3, 0.4) is 0 Å². The van der Waals surface area contributed by atoms with Gasteiger partial charge in [-0.2, -0.15) is 0 Å². The van der Waals surface area contributed by atoms with Crippen molar-refractivity contribution in [2.75, 3.05) is 51.0 Å². The summed E-state index contributed by atoms with van der Waals surface area (Å²) >= 11 is 0. The van der Waals surface area contributed by atoms with Crippen molar-refractivity contribution in [1.29, 1.82) is 0 Å². The number of benzene rings is 2. The standard InChI is InChI=1S/C40H48N14O5/c1-52(2)18-5-19-59-32-20-35(37(55)43-22-28-24-53(50-48-28)30-12-8-26(9-13-30)45-39(57)33-6-3-16-41-33)47-36(21-32)38(56)44-23-29-25-54(51-49-29)31-14-10-27(11-15-31)46-40(58)34-7-4-17-42-34/h8-15,20-21,24-25,33-34,41-42H,3-7,16-19,22-23H2,1-2H3,(H,43,55)(H,44,56)(H,45,57)(H,46,58)/t33-,34-/m0/s1. The molecule has 5 heterocycles. The van der Waals surface area contributed by atoms with Crippen LogP contribution < -0.4 is 36.6 Å². The zero-order valence-corrected chi connectivity index (χ0v) is 33.0. The maximum absolute atomic E-state index is 13.4. The third-order valence-electron chi connectivity index (χ3n) is 9.78. The van der Waals surface area contributed by atoms with E-state index in [0.29, 0.717) is 35.1 Å². The number of anilines is 2. The van der Waals surface area contributed by atoms with Gasteiger partial charge < -0.3 is 41.5 Å². The fraction of sp³-hybridized carbons (Fsp3) is 0.375. The maximum Gasteiger partial charge on any atom is 0.270 e.